The molecule has 0 bridgehead atoms. The number of methoxy groups -OCH3 is 1. The summed E-state index contributed by atoms with van der Waals surface area (Å²) in [4.78, 5) is 26.2. The van der Waals surface area contributed by atoms with Crippen molar-refractivity contribution < 1.29 is 24.2 Å². The molecule has 0 aliphatic carbocycles. The number of ether oxygens (including phenoxy) is 2. The van der Waals surface area contributed by atoms with Gasteiger partial charge in [0, 0.05) is 6.54 Å². The van der Waals surface area contributed by atoms with E-state index in [0.717, 1.165) is 0 Å². The van der Waals surface area contributed by atoms with Gasteiger partial charge in [-0.3, -0.25) is 10.1 Å². The molecule has 0 unspecified atom stereocenters. The van der Waals surface area contributed by atoms with E-state index in [1.54, 1.807) is 12.1 Å². The first-order valence-electron chi connectivity index (χ1n) is 6.00. The Balaban J connectivity index is 2.13. The van der Waals surface area contributed by atoms with Gasteiger partial charge in [-0.15, -0.1) is 0 Å². The van der Waals surface area contributed by atoms with Gasteiger partial charge in [0.05, 0.1) is 37.6 Å². The molecule has 20 heavy (non-hydrogen) atoms. The van der Waals surface area contributed by atoms with Gasteiger partial charge in [-0.25, -0.2) is 9.78 Å². The molecule has 0 spiro atoms. The highest BCUT2D eigenvalue weighted by Crippen LogP contribution is 2.21. The first kappa shape index (κ1) is 14.1. The first-order chi connectivity index (χ1) is 9.58. The molecule has 8 heteroatoms. The lowest BCUT2D eigenvalue weighted by Gasteiger charge is -2.11. The van der Waals surface area contributed by atoms with Crippen LogP contribution in [-0.4, -0.2) is 48.5 Å². The number of carbonyl (C=O) groups is 2. The number of carboxylic acid groups (broad SMARTS) is 1. The van der Waals surface area contributed by atoms with Crippen LogP contribution in [0.15, 0.2) is 12.1 Å². The van der Waals surface area contributed by atoms with E-state index >= 15 is 0 Å². The number of pyridine rings is 1. The molecule has 1 aromatic heterocycles. The molecular formula is C12H15N3O5. The molecule has 1 saturated heterocycles. The predicted octanol–water partition coefficient (Wildman–Crippen LogP) is 0.698. The molecule has 0 aromatic carbocycles. The molecule has 1 fully saturated rings. The van der Waals surface area contributed by atoms with Gasteiger partial charge in [-0.05, 0) is 12.1 Å². The van der Waals surface area contributed by atoms with Gasteiger partial charge < -0.3 is 19.9 Å². The summed E-state index contributed by atoms with van der Waals surface area (Å²) in [6, 6.07) is 3.12. The van der Waals surface area contributed by atoms with Crippen LogP contribution in [-0.2, 0) is 20.7 Å². The number of aromatic nitrogens is 1. The second-order valence-corrected chi connectivity index (χ2v) is 4.22. The van der Waals surface area contributed by atoms with E-state index in [1.807, 2.05) is 0 Å². The van der Waals surface area contributed by atoms with Crippen LogP contribution < -0.4 is 10.6 Å². The molecule has 1 aromatic rings. The zero-order chi connectivity index (χ0) is 14.5. The van der Waals surface area contributed by atoms with Crippen LogP contribution in [0.2, 0.25) is 0 Å². The van der Waals surface area contributed by atoms with Crippen molar-refractivity contribution in [1.29, 1.82) is 0 Å². The average molecular weight is 281 g/mol. The van der Waals surface area contributed by atoms with Crippen LogP contribution >= 0.6 is 0 Å². The van der Waals surface area contributed by atoms with Crippen molar-refractivity contribution in [2.75, 3.05) is 30.9 Å². The second kappa shape index (κ2) is 6.20. The maximum absolute atomic E-state index is 11.2. The Kier molecular flexibility index (Phi) is 4.36. The van der Waals surface area contributed by atoms with Crippen molar-refractivity contribution in [2.24, 2.45) is 0 Å². The molecule has 108 valence electrons. The highest BCUT2D eigenvalue weighted by atomic mass is 16.6. The molecule has 1 aliphatic rings. The number of esters is 1. The van der Waals surface area contributed by atoms with Crippen molar-refractivity contribution in [3.8, 4) is 0 Å². The second-order valence-electron chi connectivity index (χ2n) is 4.22. The smallest absolute Gasteiger partial charge is 0.409 e. The van der Waals surface area contributed by atoms with Crippen LogP contribution in [0, 0.1) is 0 Å². The van der Waals surface area contributed by atoms with Crippen molar-refractivity contribution in [3.63, 3.8) is 0 Å². The van der Waals surface area contributed by atoms with Crippen LogP contribution in [0.25, 0.3) is 0 Å². The Hall–Kier alpha value is -2.35. The fraction of sp³-hybridized carbons (Fsp3) is 0.417. The molecule has 1 atom stereocenters. The Morgan fingerprint density at radius 2 is 2.30 bits per heavy atom. The monoisotopic (exact) mass is 281 g/mol. The van der Waals surface area contributed by atoms with E-state index in [4.69, 9.17) is 9.84 Å². The van der Waals surface area contributed by atoms with Gasteiger partial charge in [0.1, 0.15) is 5.82 Å². The normalized spacial score (nSPS) is 16.4. The maximum atomic E-state index is 11.2. The number of anilines is 2. The largest absolute Gasteiger partial charge is 0.469 e. The summed E-state index contributed by atoms with van der Waals surface area (Å²) in [6.07, 6.45) is -1.03. The average Bonchev–Trinajstić information content (AvgIpc) is 3.22. The lowest BCUT2D eigenvalue weighted by atomic mass is 10.2. The van der Waals surface area contributed by atoms with Crippen LogP contribution in [0.1, 0.15) is 5.69 Å². The van der Waals surface area contributed by atoms with Gasteiger partial charge in [0.25, 0.3) is 0 Å². The molecule has 3 N–H and O–H groups in total. The molecular weight excluding hydrogens is 266 g/mol. The molecule has 2 heterocycles. The lowest BCUT2D eigenvalue weighted by molar-refractivity contribution is -0.139. The van der Waals surface area contributed by atoms with Gasteiger partial charge >= 0.3 is 12.1 Å². The highest BCUT2D eigenvalue weighted by Gasteiger charge is 2.22. The first-order valence-corrected chi connectivity index (χ1v) is 6.00. The summed E-state index contributed by atoms with van der Waals surface area (Å²) in [5.74, 6) is -0.0442. The number of nitrogens with one attached hydrogen (secondary N) is 2. The van der Waals surface area contributed by atoms with Crippen LogP contribution in [0.3, 0.4) is 0 Å². The van der Waals surface area contributed by atoms with Gasteiger partial charge in [0.15, 0.2) is 0 Å². The van der Waals surface area contributed by atoms with E-state index in [1.165, 1.54) is 7.11 Å². The van der Waals surface area contributed by atoms with E-state index in [9.17, 15) is 9.59 Å². The van der Waals surface area contributed by atoms with Crippen molar-refractivity contribution >= 4 is 23.6 Å². The van der Waals surface area contributed by atoms with Crippen LogP contribution in [0.4, 0.5) is 16.3 Å². The van der Waals surface area contributed by atoms with Crippen molar-refractivity contribution in [3.05, 3.63) is 17.8 Å². The molecule has 8 nitrogen and oxygen atoms in total. The minimum atomic E-state index is -1.18. The molecule has 1 aliphatic heterocycles. The fourth-order valence-corrected chi connectivity index (χ4v) is 1.57. The third kappa shape index (κ3) is 4.09. The van der Waals surface area contributed by atoms with E-state index < -0.39 is 12.1 Å². The summed E-state index contributed by atoms with van der Waals surface area (Å²) in [6.45, 7) is 1.21. The minimum absolute atomic E-state index is 0.0262. The quantitative estimate of drug-likeness (QED) is 0.519. The number of hydrogen-bond acceptors (Lipinski definition) is 6. The summed E-state index contributed by atoms with van der Waals surface area (Å²) >= 11 is 0. The number of hydrogen-bond donors (Lipinski definition) is 3. The number of epoxide rings is 1. The number of nitrogens with zero attached hydrogens (tertiary/aromatic N) is 1. The Morgan fingerprint density at radius 1 is 1.55 bits per heavy atom. The molecule has 2 rings (SSSR count). The number of rotatable bonds is 6. The predicted molar refractivity (Wildman–Crippen MR) is 69.8 cm³/mol. The van der Waals surface area contributed by atoms with Gasteiger partial charge in [-0.1, -0.05) is 0 Å². The maximum Gasteiger partial charge on any atom is 0.409 e. The number of carbonyl (C=O) groups excluding carboxylic acids is 1. The molecule has 0 saturated carbocycles. The van der Waals surface area contributed by atoms with Crippen molar-refractivity contribution in [1.82, 2.24) is 4.98 Å². The standard InChI is InChI=1S/C12H15N3O5/c1-19-10(16)4-7-2-3-9(15-12(17)18)11(14-7)13-5-8-6-20-8/h2-3,8,15H,4-6H2,1H3,(H,13,14)(H,17,18)/t8-/m1/s1. The lowest BCUT2D eigenvalue weighted by Crippen LogP contribution is -2.16. The van der Waals surface area contributed by atoms with Gasteiger partial charge in [0.2, 0.25) is 0 Å². The zero-order valence-corrected chi connectivity index (χ0v) is 10.9. The van der Waals surface area contributed by atoms with Gasteiger partial charge in [-0.2, -0.15) is 0 Å². The summed E-state index contributed by atoms with van der Waals surface area (Å²) in [5, 5.41) is 14.0. The SMILES string of the molecule is COC(=O)Cc1ccc(NC(=O)O)c(NC[C@@H]2CO2)n1. The summed E-state index contributed by atoms with van der Waals surface area (Å²) in [5.41, 5.74) is 0.818. The highest BCUT2D eigenvalue weighted by molar-refractivity contribution is 5.87. The Labute approximate surface area is 115 Å². The van der Waals surface area contributed by atoms with E-state index in [-0.39, 0.29) is 12.5 Å². The number of amides is 1. The van der Waals surface area contributed by atoms with Crippen molar-refractivity contribution in [2.45, 2.75) is 12.5 Å². The molecule has 0 radical (unpaired) electrons. The molecule has 1 amide bonds. The van der Waals surface area contributed by atoms with Crippen LogP contribution in [0.5, 0.6) is 0 Å². The van der Waals surface area contributed by atoms with E-state index in [0.29, 0.717) is 30.4 Å². The third-order valence-electron chi connectivity index (χ3n) is 2.65. The Morgan fingerprint density at radius 3 is 2.90 bits per heavy atom. The minimum Gasteiger partial charge on any atom is -0.469 e. The third-order valence-corrected chi connectivity index (χ3v) is 2.65. The zero-order valence-electron chi connectivity index (χ0n) is 10.9. The summed E-state index contributed by atoms with van der Waals surface area (Å²) < 4.78 is 9.63. The summed E-state index contributed by atoms with van der Waals surface area (Å²) in [7, 11) is 1.30. The fourth-order valence-electron chi connectivity index (χ4n) is 1.57. The topological polar surface area (TPSA) is 113 Å². The van der Waals surface area contributed by atoms with E-state index in [2.05, 4.69) is 20.4 Å². The Bertz CT molecular complexity index is 516.